The van der Waals surface area contributed by atoms with Crippen molar-refractivity contribution in [2.24, 2.45) is 0 Å². The van der Waals surface area contributed by atoms with E-state index in [1.165, 1.54) is 0 Å². The molecule has 1 N–H and O–H groups in total. The predicted octanol–water partition coefficient (Wildman–Crippen LogP) is 3.26. The smallest absolute Gasteiger partial charge is 0.410 e. The van der Waals surface area contributed by atoms with Crippen molar-refractivity contribution in [3.8, 4) is 5.75 Å². The number of hydrogen-bond donors (Lipinski definition) is 1. The van der Waals surface area contributed by atoms with Gasteiger partial charge in [0.25, 0.3) is 6.23 Å². The molecule has 1 atom stereocenters. The number of para-hydroxylation sites is 1. The summed E-state index contributed by atoms with van der Waals surface area (Å²) in [4.78, 5) is 24.0. The molecule has 0 saturated heterocycles. The zero-order chi connectivity index (χ0) is 17.3. The van der Waals surface area contributed by atoms with Crippen molar-refractivity contribution in [1.29, 1.82) is 0 Å². The lowest BCUT2D eigenvalue weighted by Crippen LogP contribution is -2.47. The zero-order valence-corrected chi connectivity index (χ0v) is 14.1. The van der Waals surface area contributed by atoms with Crippen LogP contribution in [0.3, 0.4) is 0 Å². The summed E-state index contributed by atoms with van der Waals surface area (Å²) in [6.07, 6.45) is -0.359. The van der Waals surface area contributed by atoms with E-state index in [0.717, 1.165) is 12.8 Å². The number of carbonyl (C=O) groups excluding carboxylic acids is 2. The second-order valence-electron chi connectivity index (χ2n) is 5.98. The van der Waals surface area contributed by atoms with Gasteiger partial charge in [0.1, 0.15) is 11.4 Å². The van der Waals surface area contributed by atoms with Gasteiger partial charge in [-0.2, -0.15) is 0 Å². The van der Waals surface area contributed by atoms with Gasteiger partial charge in [0.15, 0.2) is 0 Å². The molecule has 0 aliphatic rings. The van der Waals surface area contributed by atoms with E-state index in [1.807, 2.05) is 13.0 Å². The lowest BCUT2D eigenvalue weighted by Gasteiger charge is -2.23. The van der Waals surface area contributed by atoms with Crippen molar-refractivity contribution in [3.05, 3.63) is 30.3 Å². The predicted molar refractivity (Wildman–Crippen MR) is 86.1 cm³/mol. The summed E-state index contributed by atoms with van der Waals surface area (Å²) in [6.45, 7) is 7.47. The van der Waals surface area contributed by atoms with Gasteiger partial charge in [-0.15, -0.1) is 0 Å². The van der Waals surface area contributed by atoms with Crippen LogP contribution in [0.2, 0.25) is 0 Å². The van der Waals surface area contributed by atoms with Crippen LogP contribution in [0.25, 0.3) is 0 Å². The van der Waals surface area contributed by atoms with Crippen molar-refractivity contribution in [2.75, 3.05) is 6.61 Å². The molecule has 1 aromatic rings. The summed E-state index contributed by atoms with van der Waals surface area (Å²) in [5.74, 6) is -0.214. The number of benzene rings is 1. The first-order valence-corrected chi connectivity index (χ1v) is 7.69. The van der Waals surface area contributed by atoms with Gasteiger partial charge in [-0.05, 0) is 39.3 Å². The minimum absolute atomic E-state index is 0.278. The lowest BCUT2D eigenvalue weighted by molar-refractivity contribution is -0.153. The van der Waals surface area contributed by atoms with Crippen molar-refractivity contribution < 1.29 is 23.8 Å². The first-order valence-electron chi connectivity index (χ1n) is 7.69. The Kier molecular flexibility index (Phi) is 7.38. The van der Waals surface area contributed by atoms with Crippen molar-refractivity contribution in [3.63, 3.8) is 0 Å². The Morgan fingerprint density at radius 1 is 1.17 bits per heavy atom. The van der Waals surface area contributed by atoms with E-state index in [0.29, 0.717) is 5.75 Å². The quantitative estimate of drug-likeness (QED) is 0.473. The lowest BCUT2D eigenvalue weighted by atomic mass is 10.2. The number of esters is 1. The van der Waals surface area contributed by atoms with E-state index in [2.05, 4.69) is 5.32 Å². The van der Waals surface area contributed by atoms with Crippen LogP contribution in [0.5, 0.6) is 5.75 Å². The van der Waals surface area contributed by atoms with E-state index < -0.39 is 23.9 Å². The number of alkyl carbamates (subject to hydrolysis) is 1. The Balaban J connectivity index is 2.71. The van der Waals surface area contributed by atoms with Gasteiger partial charge in [0.05, 0.1) is 6.61 Å². The molecule has 0 aliphatic heterocycles. The fraction of sp³-hybridized carbons (Fsp3) is 0.529. The van der Waals surface area contributed by atoms with Crippen molar-refractivity contribution in [1.82, 2.24) is 5.32 Å². The normalized spacial score (nSPS) is 12.2. The van der Waals surface area contributed by atoms with Crippen LogP contribution in [0, 0.1) is 0 Å². The largest absolute Gasteiger partial charge is 0.462 e. The summed E-state index contributed by atoms with van der Waals surface area (Å²) in [5, 5.41) is 2.39. The highest BCUT2D eigenvalue weighted by molar-refractivity contribution is 5.80. The summed E-state index contributed by atoms with van der Waals surface area (Å²) in [5.41, 5.74) is -0.673. The van der Waals surface area contributed by atoms with Crippen LogP contribution in [-0.2, 0) is 14.3 Å². The summed E-state index contributed by atoms with van der Waals surface area (Å²) >= 11 is 0. The number of hydrogen-bond acceptors (Lipinski definition) is 5. The average molecular weight is 323 g/mol. The van der Waals surface area contributed by atoms with Crippen LogP contribution in [0.15, 0.2) is 30.3 Å². The second kappa shape index (κ2) is 9.02. The van der Waals surface area contributed by atoms with E-state index in [-0.39, 0.29) is 6.61 Å². The van der Waals surface area contributed by atoms with Crippen LogP contribution in [-0.4, -0.2) is 30.5 Å². The highest BCUT2D eigenvalue weighted by Gasteiger charge is 2.27. The molecule has 1 unspecified atom stereocenters. The third-order valence-electron chi connectivity index (χ3n) is 2.60. The van der Waals surface area contributed by atoms with Gasteiger partial charge in [0.2, 0.25) is 0 Å². The minimum Gasteiger partial charge on any atom is -0.462 e. The van der Waals surface area contributed by atoms with Crippen molar-refractivity contribution in [2.45, 2.75) is 52.4 Å². The van der Waals surface area contributed by atoms with Crippen LogP contribution in [0.1, 0.15) is 40.5 Å². The molecule has 0 fully saturated rings. The topological polar surface area (TPSA) is 73.9 Å². The number of amides is 1. The van der Waals surface area contributed by atoms with Gasteiger partial charge in [0, 0.05) is 0 Å². The van der Waals surface area contributed by atoms with Crippen LogP contribution in [0.4, 0.5) is 4.79 Å². The molecule has 1 aromatic carbocycles. The molecule has 0 saturated carbocycles. The van der Waals surface area contributed by atoms with E-state index >= 15 is 0 Å². The Hall–Kier alpha value is -2.24. The summed E-state index contributed by atoms with van der Waals surface area (Å²) in [7, 11) is 0. The Bertz CT molecular complexity index is 495. The first kappa shape index (κ1) is 18.8. The molecule has 0 radical (unpaired) electrons. The Labute approximate surface area is 137 Å². The monoisotopic (exact) mass is 323 g/mol. The van der Waals surface area contributed by atoms with E-state index in [4.69, 9.17) is 14.2 Å². The average Bonchev–Trinajstić information content (AvgIpc) is 2.46. The van der Waals surface area contributed by atoms with Crippen molar-refractivity contribution >= 4 is 12.1 Å². The number of nitrogens with one attached hydrogen (secondary N) is 1. The maximum absolute atomic E-state index is 12.1. The molecule has 0 aliphatic carbocycles. The van der Waals surface area contributed by atoms with Gasteiger partial charge < -0.3 is 14.2 Å². The molecule has 1 rings (SSSR count). The minimum atomic E-state index is -1.26. The highest BCUT2D eigenvalue weighted by Crippen LogP contribution is 2.12. The van der Waals surface area contributed by atoms with E-state index in [1.54, 1.807) is 45.0 Å². The number of ether oxygens (including phenoxy) is 3. The van der Waals surface area contributed by atoms with E-state index in [9.17, 15) is 9.59 Å². The number of rotatable bonds is 7. The number of carbonyl (C=O) groups is 2. The Morgan fingerprint density at radius 2 is 1.83 bits per heavy atom. The molecule has 0 heterocycles. The summed E-state index contributed by atoms with van der Waals surface area (Å²) in [6, 6.07) is 8.72. The van der Waals surface area contributed by atoms with Crippen LogP contribution >= 0.6 is 0 Å². The first-order chi connectivity index (χ1) is 10.8. The molecule has 0 bridgehead atoms. The fourth-order valence-electron chi connectivity index (χ4n) is 1.58. The van der Waals surface area contributed by atoms with Gasteiger partial charge in [-0.1, -0.05) is 31.5 Å². The maximum atomic E-state index is 12.1. The molecule has 6 heteroatoms. The second-order valence-corrected chi connectivity index (χ2v) is 5.98. The molecular weight excluding hydrogens is 298 g/mol. The molecule has 6 nitrogen and oxygen atoms in total. The third kappa shape index (κ3) is 8.09. The Morgan fingerprint density at radius 3 is 2.39 bits per heavy atom. The number of unbranched alkanes of at least 4 members (excludes halogenated alkanes) is 1. The molecule has 0 spiro atoms. The van der Waals surface area contributed by atoms with Gasteiger partial charge in [-0.25, -0.2) is 9.59 Å². The van der Waals surface area contributed by atoms with Crippen LogP contribution < -0.4 is 10.1 Å². The molecule has 0 aromatic heterocycles. The maximum Gasteiger partial charge on any atom is 0.410 e. The molecule has 23 heavy (non-hydrogen) atoms. The van der Waals surface area contributed by atoms with Gasteiger partial charge in [-0.3, -0.25) is 5.32 Å². The molecule has 128 valence electrons. The molecule has 1 amide bonds. The summed E-state index contributed by atoms with van der Waals surface area (Å²) < 4.78 is 15.8. The zero-order valence-electron chi connectivity index (χ0n) is 14.1. The molecular formula is C17H25NO5. The standard InChI is InChI=1S/C17H25NO5/c1-5-6-12-21-15(19)14(18-16(20)23-17(2,3)4)22-13-10-8-7-9-11-13/h7-11,14H,5-6,12H2,1-4H3,(H,18,20). The van der Waals surface area contributed by atoms with Gasteiger partial charge >= 0.3 is 12.1 Å². The SMILES string of the molecule is CCCCOC(=O)C(NC(=O)OC(C)(C)C)Oc1ccccc1. The fourth-order valence-corrected chi connectivity index (χ4v) is 1.58. The highest BCUT2D eigenvalue weighted by atomic mass is 16.6. The third-order valence-corrected chi connectivity index (χ3v) is 2.60.